The number of nitrogens with zero attached hydrogens (tertiary/aromatic N) is 3. The summed E-state index contributed by atoms with van der Waals surface area (Å²) in [6.45, 7) is 8.43. The Morgan fingerprint density at radius 1 is 1.17 bits per heavy atom. The van der Waals surface area contributed by atoms with Gasteiger partial charge < -0.3 is 19.4 Å². The largest absolute Gasteiger partial charge is 0.493 e. The quantitative estimate of drug-likeness (QED) is 0.765. The van der Waals surface area contributed by atoms with Crippen molar-refractivity contribution in [2.45, 2.75) is 40.3 Å². The highest BCUT2D eigenvalue weighted by Gasteiger charge is 2.08. The van der Waals surface area contributed by atoms with Gasteiger partial charge in [0.15, 0.2) is 11.5 Å². The number of methoxy groups -OCH3 is 1. The zero-order valence-electron chi connectivity index (χ0n) is 15.3. The Hall–Kier alpha value is -2.08. The van der Waals surface area contributed by atoms with Gasteiger partial charge in [0.25, 0.3) is 0 Å². The van der Waals surface area contributed by atoms with Crippen molar-refractivity contribution in [1.82, 2.24) is 20.1 Å². The van der Waals surface area contributed by atoms with Crippen LogP contribution < -0.4 is 14.8 Å². The van der Waals surface area contributed by atoms with Crippen LogP contribution >= 0.6 is 0 Å². The Morgan fingerprint density at radius 3 is 2.58 bits per heavy atom. The van der Waals surface area contributed by atoms with Crippen molar-refractivity contribution < 1.29 is 9.47 Å². The summed E-state index contributed by atoms with van der Waals surface area (Å²) in [6.07, 6.45) is 1.02. The number of hydrogen-bond donors (Lipinski definition) is 1. The van der Waals surface area contributed by atoms with E-state index in [1.165, 1.54) is 0 Å². The summed E-state index contributed by atoms with van der Waals surface area (Å²) >= 11 is 0. The first-order valence-corrected chi connectivity index (χ1v) is 8.36. The van der Waals surface area contributed by atoms with Gasteiger partial charge in [0.1, 0.15) is 11.6 Å². The molecular formula is C18H28N4O2. The topological polar surface area (TPSA) is 61.2 Å². The fourth-order valence-electron chi connectivity index (χ4n) is 2.27. The number of nitrogens with one attached hydrogen (secondary N) is 1. The maximum atomic E-state index is 5.89. The molecular weight excluding hydrogens is 304 g/mol. The van der Waals surface area contributed by atoms with E-state index in [9.17, 15) is 0 Å². The lowest BCUT2D eigenvalue weighted by molar-refractivity contribution is 0.272. The van der Waals surface area contributed by atoms with Gasteiger partial charge in [-0.25, -0.2) is 0 Å². The third-order valence-corrected chi connectivity index (χ3v) is 3.98. The van der Waals surface area contributed by atoms with Crippen LogP contribution in [0.1, 0.15) is 37.5 Å². The van der Waals surface area contributed by atoms with Crippen LogP contribution in [-0.4, -0.2) is 28.5 Å². The lowest BCUT2D eigenvalue weighted by atomic mass is 10.1. The zero-order valence-corrected chi connectivity index (χ0v) is 15.3. The maximum Gasteiger partial charge on any atom is 0.161 e. The van der Waals surface area contributed by atoms with E-state index in [1.807, 2.05) is 36.7 Å². The van der Waals surface area contributed by atoms with E-state index in [1.54, 1.807) is 7.11 Å². The minimum atomic E-state index is 0.621. The first-order chi connectivity index (χ1) is 11.5. The molecule has 1 aromatic carbocycles. The second kappa shape index (κ2) is 8.68. The summed E-state index contributed by atoms with van der Waals surface area (Å²) in [5.41, 5.74) is 1.15. The van der Waals surface area contributed by atoms with Crippen molar-refractivity contribution >= 4 is 0 Å². The first kappa shape index (κ1) is 18.3. The molecule has 2 aromatic rings. The number of ether oxygens (including phenoxy) is 2. The summed E-state index contributed by atoms with van der Waals surface area (Å²) < 4.78 is 13.3. The summed E-state index contributed by atoms with van der Waals surface area (Å²) in [4.78, 5) is 0. The molecule has 0 bridgehead atoms. The molecule has 6 heteroatoms. The minimum Gasteiger partial charge on any atom is -0.493 e. The number of rotatable bonds is 9. The summed E-state index contributed by atoms with van der Waals surface area (Å²) in [5.74, 6) is 4.03. The van der Waals surface area contributed by atoms with Crippen molar-refractivity contribution in [3.8, 4) is 11.5 Å². The van der Waals surface area contributed by atoms with Gasteiger partial charge in [-0.3, -0.25) is 0 Å². The number of aromatic nitrogens is 3. The lowest BCUT2D eigenvalue weighted by Crippen LogP contribution is -2.16. The van der Waals surface area contributed by atoms with E-state index in [0.29, 0.717) is 19.1 Å². The molecule has 24 heavy (non-hydrogen) atoms. The molecule has 2 rings (SSSR count). The van der Waals surface area contributed by atoms with Gasteiger partial charge >= 0.3 is 0 Å². The van der Waals surface area contributed by atoms with Gasteiger partial charge in [-0.1, -0.05) is 19.9 Å². The second-order valence-electron chi connectivity index (χ2n) is 6.34. The summed E-state index contributed by atoms with van der Waals surface area (Å²) in [6, 6.07) is 6.03. The Morgan fingerprint density at radius 2 is 1.96 bits per heavy atom. The monoisotopic (exact) mass is 332 g/mol. The van der Waals surface area contributed by atoms with Crippen molar-refractivity contribution in [3.05, 3.63) is 35.4 Å². The molecule has 0 atom stereocenters. The van der Waals surface area contributed by atoms with Crippen LogP contribution in [0.4, 0.5) is 0 Å². The van der Waals surface area contributed by atoms with Gasteiger partial charge in [-0.15, -0.1) is 10.2 Å². The zero-order chi connectivity index (χ0) is 17.5. The molecule has 1 N–H and O–H groups in total. The Labute approximate surface area is 144 Å². The normalized spacial score (nSPS) is 11.1. The van der Waals surface area contributed by atoms with Crippen LogP contribution in [-0.2, 0) is 20.1 Å². The Kier molecular flexibility index (Phi) is 6.61. The highest BCUT2D eigenvalue weighted by atomic mass is 16.5. The fraction of sp³-hybridized carbons (Fsp3) is 0.556. The van der Waals surface area contributed by atoms with Crippen LogP contribution in [0.5, 0.6) is 11.5 Å². The van der Waals surface area contributed by atoms with E-state index in [-0.39, 0.29) is 0 Å². The molecule has 0 saturated heterocycles. The SMILES string of the molecule is COc1ccc(CNCc2nnc(C)n2C)cc1OCCC(C)C. The number of benzene rings is 1. The standard InChI is InChI=1S/C18H28N4O2/c1-13(2)8-9-24-17-10-15(6-7-16(17)23-5)11-19-12-18-21-20-14(3)22(18)4/h6-7,10,13,19H,8-9,11-12H2,1-5H3. The Bertz CT molecular complexity index is 652. The summed E-state index contributed by atoms with van der Waals surface area (Å²) in [5, 5.41) is 11.6. The van der Waals surface area contributed by atoms with Gasteiger partial charge in [-0.2, -0.15) is 0 Å². The molecule has 0 spiro atoms. The molecule has 0 aliphatic heterocycles. The molecule has 132 valence electrons. The molecule has 1 aromatic heterocycles. The van der Waals surface area contributed by atoms with Crippen LogP contribution in [0, 0.1) is 12.8 Å². The van der Waals surface area contributed by atoms with Crippen molar-refractivity contribution in [2.24, 2.45) is 13.0 Å². The van der Waals surface area contributed by atoms with E-state index in [4.69, 9.17) is 9.47 Å². The van der Waals surface area contributed by atoms with E-state index in [0.717, 1.165) is 41.7 Å². The van der Waals surface area contributed by atoms with Crippen molar-refractivity contribution in [2.75, 3.05) is 13.7 Å². The molecule has 1 heterocycles. The van der Waals surface area contributed by atoms with Gasteiger partial charge in [0.05, 0.1) is 20.3 Å². The average Bonchev–Trinajstić information content (AvgIpc) is 2.87. The molecule has 0 aliphatic carbocycles. The molecule has 0 amide bonds. The highest BCUT2D eigenvalue weighted by Crippen LogP contribution is 2.28. The van der Waals surface area contributed by atoms with Crippen LogP contribution in [0.3, 0.4) is 0 Å². The van der Waals surface area contributed by atoms with Crippen molar-refractivity contribution in [1.29, 1.82) is 0 Å². The molecule has 0 fully saturated rings. The van der Waals surface area contributed by atoms with Crippen LogP contribution in [0.2, 0.25) is 0 Å². The van der Waals surface area contributed by atoms with Crippen molar-refractivity contribution in [3.63, 3.8) is 0 Å². The van der Waals surface area contributed by atoms with Crippen LogP contribution in [0.25, 0.3) is 0 Å². The van der Waals surface area contributed by atoms with E-state index >= 15 is 0 Å². The van der Waals surface area contributed by atoms with Gasteiger partial charge in [0, 0.05) is 13.6 Å². The van der Waals surface area contributed by atoms with Crippen LogP contribution in [0.15, 0.2) is 18.2 Å². The molecule has 0 saturated carbocycles. The van der Waals surface area contributed by atoms with E-state index in [2.05, 4.69) is 29.4 Å². The number of aryl methyl sites for hydroxylation is 1. The second-order valence-corrected chi connectivity index (χ2v) is 6.34. The molecule has 0 unspecified atom stereocenters. The molecule has 6 nitrogen and oxygen atoms in total. The first-order valence-electron chi connectivity index (χ1n) is 8.36. The number of hydrogen-bond acceptors (Lipinski definition) is 5. The fourth-order valence-corrected chi connectivity index (χ4v) is 2.27. The molecule has 0 aliphatic rings. The van der Waals surface area contributed by atoms with Gasteiger partial charge in [0.2, 0.25) is 0 Å². The predicted octanol–water partition coefficient (Wildman–Crippen LogP) is 2.85. The Balaban J connectivity index is 1.93. The highest BCUT2D eigenvalue weighted by molar-refractivity contribution is 5.42. The smallest absolute Gasteiger partial charge is 0.161 e. The molecule has 0 radical (unpaired) electrons. The minimum absolute atomic E-state index is 0.621. The van der Waals surface area contributed by atoms with Gasteiger partial charge in [-0.05, 0) is 37.0 Å². The average molecular weight is 332 g/mol. The maximum absolute atomic E-state index is 5.89. The lowest BCUT2D eigenvalue weighted by Gasteiger charge is -2.13. The predicted molar refractivity (Wildman–Crippen MR) is 94.2 cm³/mol. The summed E-state index contributed by atoms with van der Waals surface area (Å²) in [7, 11) is 3.64. The van der Waals surface area contributed by atoms with E-state index < -0.39 is 0 Å². The third-order valence-electron chi connectivity index (χ3n) is 3.98. The third kappa shape index (κ3) is 4.96.